The van der Waals surface area contributed by atoms with Crippen LogP contribution in [-0.4, -0.2) is 16.5 Å². The summed E-state index contributed by atoms with van der Waals surface area (Å²) in [5.41, 5.74) is 2.10. The van der Waals surface area contributed by atoms with E-state index >= 15 is 0 Å². The SMILES string of the molecule is CCCNCc1cc(C)nc(CSc2cccc(Br)c2)n1. The molecule has 1 heterocycles. The maximum atomic E-state index is 4.64. The molecule has 0 saturated carbocycles. The summed E-state index contributed by atoms with van der Waals surface area (Å²) < 4.78 is 1.10. The Hall–Kier alpha value is -0.910. The largest absolute Gasteiger partial charge is 0.311 e. The summed E-state index contributed by atoms with van der Waals surface area (Å²) in [5.74, 6) is 1.69. The van der Waals surface area contributed by atoms with E-state index in [1.807, 2.05) is 19.1 Å². The van der Waals surface area contributed by atoms with Crippen LogP contribution in [0.3, 0.4) is 0 Å². The Morgan fingerprint density at radius 3 is 2.86 bits per heavy atom. The van der Waals surface area contributed by atoms with Crippen LogP contribution in [0.5, 0.6) is 0 Å². The molecule has 5 heteroatoms. The minimum Gasteiger partial charge on any atom is -0.311 e. The van der Waals surface area contributed by atoms with Crippen LogP contribution in [0.15, 0.2) is 39.7 Å². The van der Waals surface area contributed by atoms with Crippen molar-refractivity contribution in [3.05, 3.63) is 52.0 Å². The van der Waals surface area contributed by atoms with E-state index in [-0.39, 0.29) is 0 Å². The van der Waals surface area contributed by atoms with Gasteiger partial charge in [-0.3, -0.25) is 0 Å². The number of nitrogens with zero attached hydrogens (tertiary/aromatic N) is 2. The number of aromatic nitrogens is 2. The normalized spacial score (nSPS) is 10.8. The molecule has 0 amide bonds. The van der Waals surface area contributed by atoms with Crippen LogP contribution in [0.25, 0.3) is 0 Å². The monoisotopic (exact) mass is 365 g/mol. The van der Waals surface area contributed by atoms with Gasteiger partial charge in [-0.15, -0.1) is 11.8 Å². The van der Waals surface area contributed by atoms with Gasteiger partial charge in [-0.2, -0.15) is 0 Å². The molecular formula is C16H20BrN3S. The summed E-state index contributed by atoms with van der Waals surface area (Å²) in [7, 11) is 0. The average molecular weight is 366 g/mol. The summed E-state index contributed by atoms with van der Waals surface area (Å²) >= 11 is 5.25. The van der Waals surface area contributed by atoms with Crippen LogP contribution in [0.2, 0.25) is 0 Å². The zero-order valence-electron chi connectivity index (χ0n) is 12.4. The number of hydrogen-bond acceptors (Lipinski definition) is 4. The Morgan fingerprint density at radius 1 is 1.24 bits per heavy atom. The van der Waals surface area contributed by atoms with Crippen molar-refractivity contribution in [3.63, 3.8) is 0 Å². The molecule has 0 aliphatic carbocycles. The quantitative estimate of drug-likeness (QED) is 0.584. The van der Waals surface area contributed by atoms with Crippen molar-refractivity contribution in [3.8, 4) is 0 Å². The highest BCUT2D eigenvalue weighted by atomic mass is 79.9. The fourth-order valence-corrected chi connectivity index (χ4v) is 3.31. The summed E-state index contributed by atoms with van der Waals surface area (Å²) in [6.07, 6.45) is 1.13. The molecule has 0 fully saturated rings. The van der Waals surface area contributed by atoms with Crippen LogP contribution in [-0.2, 0) is 12.3 Å². The van der Waals surface area contributed by atoms with Gasteiger partial charge in [0, 0.05) is 21.6 Å². The maximum absolute atomic E-state index is 4.64. The van der Waals surface area contributed by atoms with E-state index in [9.17, 15) is 0 Å². The third kappa shape index (κ3) is 5.77. The van der Waals surface area contributed by atoms with Gasteiger partial charge >= 0.3 is 0 Å². The molecule has 0 bridgehead atoms. The van der Waals surface area contributed by atoms with Crippen LogP contribution < -0.4 is 5.32 Å². The minimum atomic E-state index is 0.791. The molecule has 2 aromatic rings. The third-order valence-corrected chi connectivity index (χ3v) is 4.33. The Kier molecular flexibility index (Phi) is 6.67. The topological polar surface area (TPSA) is 37.8 Å². The molecule has 0 radical (unpaired) electrons. The Morgan fingerprint density at radius 2 is 2.10 bits per heavy atom. The smallest absolute Gasteiger partial charge is 0.139 e. The second kappa shape index (κ2) is 8.51. The second-order valence-corrected chi connectivity index (χ2v) is 6.80. The van der Waals surface area contributed by atoms with E-state index in [1.54, 1.807) is 11.8 Å². The molecule has 112 valence electrons. The standard InChI is InChI=1S/C16H20BrN3S/c1-3-7-18-10-14-8-12(2)19-16(20-14)11-21-15-6-4-5-13(17)9-15/h4-6,8-9,18H,3,7,10-11H2,1-2H3. The summed E-state index contributed by atoms with van der Waals surface area (Å²) in [5, 5.41) is 3.38. The molecule has 1 aromatic heterocycles. The molecule has 0 spiro atoms. The van der Waals surface area contributed by atoms with Gasteiger partial charge < -0.3 is 5.32 Å². The van der Waals surface area contributed by atoms with Crippen molar-refractivity contribution in [1.82, 2.24) is 15.3 Å². The fourth-order valence-electron chi connectivity index (χ4n) is 1.95. The molecule has 0 saturated heterocycles. The van der Waals surface area contributed by atoms with Crippen molar-refractivity contribution in [1.29, 1.82) is 0 Å². The Bertz CT molecular complexity index is 589. The molecule has 1 aromatic carbocycles. The molecule has 0 aliphatic rings. The highest BCUT2D eigenvalue weighted by molar-refractivity contribution is 9.10. The molecule has 0 aliphatic heterocycles. The zero-order valence-corrected chi connectivity index (χ0v) is 14.8. The number of aryl methyl sites for hydroxylation is 1. The van der Waals surface area contributed by atoms with Gasteiger partial charge in [0.05, 0.1) is 11.4 Å². The number of thioether (sulfide) groups is 1. The molecule has 1 N–H and O–H groups in total. The second-order valence-electron chi connectivity index (χ2n) is 4.84. The first-order valence-electron chi connectivity index (χ1n) is 7.10. The van der Waals surface area contributed by atoms with Crippen molar-refractivity contribution in [2.24, 2.45) is 0 Å². The van der Waals surface area contributed by atoms with Crippen LogP contribution >= 0.6 is 27.7 Å². The van der Waals surface area contributed by atoms with Crippen molar-refractivity contribution in [2.75, 3.05) is 6.54 Å². The first-order chi connectivity index (χ1) is 10.2. The summed E-state index contributed by atoms with van der Waals surface area (Å²) in [6.45, 7) is 6.02. The lowest BCUT2D eigenvalue weighted by molar-refractivity contribution is 0.659. The first-order valence-corrected chi connectivity index (χ1v) is 8.87. The van der Waals surface area contributed by atoms with Gasteiger partial charge in [0.15, 0.2) is 0 Å². The molecule has 0 unspecified atom stereocenters. The Labute approximate surface area is 139 Å². The number of halogens is 1. The van der Waals surface area contributed by atoms with Crippen molar-refractivity contribution < 1.29 is 0 Å². The zero-order chi connectivity index (χ0) is 15.1. The minimum absolute atomic E-state index is 0.791. The lowest BCUT2D eigenvalue weighted by Gasteiger charge is -2.07. The Balaban J connectivity index is 1.99. The van der Waals surface area contributed by atoms with Crippen molar-refractivity contribution >= 4 is 27.7 Å². The molecule has 2 rings (SSSR count). The van der Waals surface area contributed by atoms with E-state index in [1.165, 1.54) is 4.90 Å². The van der Waals surface area contributed by atoms with Gasteiger partial charge in [0.1, 0.15) is 5.82 Å². The van der Waals surface area contributed by atoms with E-state index in [0.717, 1.165) is 46.9 Å². The molecule has 0 atom stereocenters. The number of hydrogen-bond donors (Lipinski definition) is 1. The number of benzene rings is 1. The van der Waals surface area contributed by atoms with Gasteiger partial charge in [-0.1, -0.05) is 28.9 Å². The highest BCUT2D eigenvalue weighted by Crippen LogP contribution is 2.24. The maximum Gasteiger partial charge on any atom is 0.139 e. The van der Waals surface area contributed by atoms with E-state index in [2.05, 4.69) is 56.3 Å². The van der Waals surface area contributed by atoms with E-state index < -0.39 is 0 Å². The average Bonchev–Trinajstić information content (AvgIpc) is 2.45. The van der Waals surface area contributed by atoms with Gasteiger partial charge in [-0.25, -0.2) is 9.97 Å². The third-order valence-electron chi connectivity index (χ3n) is 2.85. The van der Waals surface area contributed by atoms with Gasteiger partial charge in [0.25, 0.3) is 0 Å². The number of nitrogens with one attached hydrogen (secondary N) is 1. The fraction of sp³-hybridized carbons (Fsp3) is 0.375. The molecule has 21 heavy (non-hydrogen) atoms. The predicted octanol–water partition coefficient (Wildman–Crippen LogP) is 4.34. The van der Waals surface area contributed by atoms with E-state index in [4.69, 9.17) is 0 Å². The van der Waals surface area contributed by atoms with Crippen LogP contribution in [0.4, 0.5) is 0 Å². The van der Waals surface area contributed by atoms with Crippen molar-refractivity contribution in [2.45, 2.75) is 37.5 Å². The number of rotatable bonds is 7. The predicted molar refractivity (Wildman–Crippen MR) is 92.5 cm³/mol. The summed E-state index contributed by atoms with van der Waals surface area (Å²) in [6, 6.07) is 10.4. The van der Waals surface area contributed by atoms with Gasteiger partial charge in [-0.05, 0) is 44.2 Å². The molecule has 3 nitrogen and oxygen atoms in total. The van der Waals surface area contributed by atoms with E-state index in [0.29, 0.717) is 0 Å². The van der Waals surface area contributed by atoms with Crippen LogP contribution in [0.1, 0.15) is 30.6 Å². The first kappa shape index (κ1) is 16.5. The summed E-state index contributed by atoms with van der Waals surface area (Å²) in [4.78, 5) is 10.4. The molecular weight excluding hydrogens is 346 g/mol. The van der Waals surface area contributed by atoms with Crippen LogP contribution in [0, 0.1) is 6.92 Å². The van der Waals surface area contributed by atoms with Gasteiger partial charge in [0.2, 0.25) is 0 Å². The lowest BCUT2D eigenvalue weighted by Crippen LogP contribution is -2.15. The lowest BCUT2D eigenvalue weighted by atomic mass is 10.3. The highest BCUT2D eigenvalue weighted by Gasteiger charge is 2.04.